The highest BCUT2D eigenvalue weighted by Crippen LogP contribution is 2.34. The standard InChI is InChI=1S/C19H20N2O5/c1-4-21-14-10-13(6-8-15(14)26-11-18(21)22)20-19(23)12-5-7-16(24-2)17(9-12)25-3/h5-10H,4,11H2,1-3H3,(H,20,23). The molecule has 0 saturated heterocycles. The highest BCUT2D eigenvalue weighted by atomic mass is 16.5. The fraction of sp³-hybridized carbons (Fsp3) is 0.263. The maximum atomic E-state index is 12.5. The number of carbonyl (C=O) groups is 2. The quantitative estimate of drug-likeness (QED) is 0.891. The summed E-state index contributed by atoms with van der Waals surface area (Å²) in [6, 6.07) is 10.1. The third-order valence-electron chi connectivity index (χ3n) is 4.12. The van der Waals surface area contributed by atoms with Crippen molar-refractivity contribution in [3.8, 4) is 17.2 Å². The number of fused-ring (bicyclic) bond motifs is 1. The van der Waals surface area contributed by atoms with Crippen LogP contribution in [0.2, 0.25) is 0 Å². The first-order valence-electron chi connectivity index (χ1n) is 8.18. The monoisotopic (exact) mass is 356 g/mol. The molecule has 0 saturated carbocycles. The minimum Gasteiger partial charge on any atom is -0.493 e. The number of carbonyl (C=O) groups excluding carboxylic acids is 2. The van der Waals surface area contributed by atoms with Gasteiger partial charge in [-0.05, 0) is 43.3 Å². The molecule has 7 nitrogen and oxygen atoms in total. The van der Waals surface area contributed by atoms with Gasteiger partial charge in [-0.3, -0.25) is 9.59 Å². The number of hydrogen-bond acceptors (Lipinski definition) is 5. The smallest absolute Gasteiger partial charge is 0.265 e. The average molecular weight is 356 g/mol. The summed E-state index contributed by atoms with van der Waals surface area (Å²) in [4.78, 5) is 26.1. The second-order valence-corrected chi connectivity index (χ2v) is 5.63. The number of rotatable bonds is 5. The summed E-state index contributed by atoms with van der Waals surface area (Å²) in [6.45, 7) is 2.45. The van der Waals surface area contributed by atoms with E-state index >= 15 is 0 Å². The maximum Gasteiger partial charge on any atom is 0.265 e. The molecule has 0 fully saturated rings. The number of nitrogens with zero attached hydrogens (tertiary/aromatic N) is 1. The third-order valence-corrected chi connectivity index (χ3v) is 4.12. The minimum atomic E-state index is -0.294. The molecule has 0 spiro atoms. The van der Waals surface area contributed by atoms with Gasteiger partial charge in [-0.15, -0.1) is 0 Å². The van der Waals surface area contributed by atoms with E-state index in [0.29, 0.717) is 40.7 Å². The van der Waals surface area contributed by atoms with Gasteiger partial charge in [0.1, 0.15) is 5.75 Å². The van der Waals surface area contributed by atoms with Crippen molar-refractivity contribution in [2.24, 2.45) is 0 Å². The van der Waals surface area contributed by atoms with Gasteiger partial charge in [-0.25, -0.2) is 0 Å². The van der Waals surface area contributed by atoms with E-state index in [4.69, 9.17) is 14.2 Å². The zero-order chi connectivity index (χ0) is 18.7. The molecule has 2 aromatic carbocycles. The Kier molecular flexibility index (Phi) is 4.97. The summed E-state index contributed by atoms with van der Waals surface area (Å²) in [5, 5.41) is 2.83. The molecule has 0 aromatic heterocycles. The lowest BCUT2D eigenvalue weighted by molar-refractivity contribution is -0.121. The molecule has 26 heavy (non-hydrogen) atoms. The summed E-state index contributed by atoms with van der Waals surface area (Å²) in [6.07, 6.45) is 0. The Morgan fingerprint density at radius 2 is 1.92 bits per heavy atom. The first-order valence-corrected chi connectivity index (χ1v) is 8.18. The molecule has 1 heterocycles. The highest BCUT2D eigenvalue weighted by Gasteiger charge is 2.24. The van der Waals surface area contributed by atoms with Gasteiger partial charge in [-0.1, -0.05) is 0 Å². The van der Waals surface area contributed by atoms with Crippen LogP contribution in [0.15, 0.2) is 36.4 Å². The molecule has 0 atom stereocenters. The van der Waals surface area contributed by atoms with E-state index in [1.165, 1.54) is 14.2 Å². The Morgan fingerprint density at radius 3 is 2.62 bits per heavy atom. The second kappa shape index (κ2) is 7.35. The Morgan fingerprint density at radius 1 is 1.15 bits per heavy atom. The topological polar surface area (TPSA) is 77.1 Å². The summed E-state index contributed by atoms with van der Waals surface area (Å²) < 4.78 is 15.8. The van der Waals surface area contributed by atoms with Gasteiger partial charge in [-0.2, -0.15) is 0 Å². The number of nitrogens with one attached hydrogen (secondary N) is 1. The fourth-order valence-corrected chi connectivity index (χ4v) is 2.81. The molecular weight excluding hydrogens is 336 g/mol. The minimum absolute atomic E-state index is 0.0260. The Bertz CT molecular complexity index is 850. The van der Waals surface area contributed by atoms with E-state index in [1.54, 1.807) is 41.3 Å². The van der Waals surface area contributed by atoms with Crippen molar-refractivity contribution in [1.29, 1.82) is 0 Å². The zero-order valence-electron chi connectivity index (χ0n) is 14.9. The third kappa shape index (κ3) is 3.28. The number of likely N-dealkylation sites (N-methyl/N-ethyl adjacent to an activating group) is 1. The van der Waals surface area contributed by atoms with Crippen LogP contribution < -0.4 is 24.4 Å². The Balaban J connectivity index is 1.84. The van der Waals surface area contributed by atoms with Crippen molar-refractivity contribution >= 4 is 23.2 Å². The molecule has 0 unspecified atom stereocenters. The van der Waals surface area contributed by atoms with Gasteiger partial charge in [0.05, 0.1) is 19.9 Å². The summed E-state index contributed by atoms with van der Waals surface area (Å²) in [7, 11) is 3.05. The van der Waals surface area contributed by atoms with Gasteiger partial charge < -0.3 is 24.4 Å². The number of amides is 2. The zero-order valence-corrected chi connectivity index (χ0v) is 14.9. The number of methoxy groups -OCH3 is 2. The van der Waals surface area contributed by atoms with Gasteiger partial charge in [0.15, 0.2) is 18.1 Å². The van der Waals surface area contributed by atoms with Crippen molar-refractivity contribution in [1.82, 2.24) is 0 Å². The van der Waals surface area contributed by atoms with Gasteiger partial charge in [0.25, 0.3) is 11.8 Å². The normalized spacial score (nSPS) is 12.9. The highest BCUT2D eigenvalue weighted by molar-refractivity contribution is 6.05. The number of benzene rings is 2. The average Bonchev–Trinajstić information content (AvgIpc) is 2.67. The molecule has 0 aliphatic carbocycles. The maximum absolute atomic E-state index is 12.5. The lowest BCUT2D eigenvalue weighted by Crippen LogP contribution is -2.38. The summed E-state index contributed by atoms with van der Waals surface area (Å²) in [5.41, 5.74) is 1.65. The Hall–Kier alpha value is -3.22. The van der Waals surface area contributed by atoms with E-state index in [1.807, 2.05) is 6.92 Å². The molecule has 1 N–H and O–H groups in total. The molecule has 136 valence electrons. The fourth-order valence-electron chi connectivity index (χ4n) is 2.81. The molecule has 0 bridgehead atoms. The molecule has 2 aromatic rings. The van der Waals surface area contributed by atoms with Crippen molar-refractivity contribution in [2.75, 3.05) is 37.6 Å². The van der Waals surface area contributed by atoms with Crippen LogP contribution in [0.1, 0.15) is 17.3 Å². The van der Waals surface area contributed by atoms with E-state index in [9.17, 15) is 9.59 Å². The van der Waals surface area contributed by atoms with Crippen LogP contribution in [0.5, 0.6) is 17.2 Å². The van der Waals surface area contributed by atoms with Crippen molar-refractivity contribution < 1.29 is 23.8 Å². The van der Waals surface area contributed by atoms with Gasteiger partial charge in [0.2, 0.25) is 0 Å². The van der Waals surface area contributed by atoms with E-state index in [-0.39, 0.29) is 18.4 Å². The predicted octanol–water partition coefficient (Wildman–Crippen LogP) is 2.70. The first kappa shape index (κ1) is 17.6. The number of hydrogen-bond donors (Lipinski definition) is 1. The number of anilines is 2. The molecule has 1 aliphatic rings. The lowest BCUT2D eigenvalue weighted by Gasteiger charge is -2.28. The molecule has 1 aliphatic heterocycles. The molecule has 2 amide bonds. The van der Waals surface area contributed by atoms with E-state index in [2.05, 4.69) is 5.32 Å². The van der Waals surface area contributed by atoms with Crippen LogP contribution in [0, 0.1) is 0 Å². The number of ether oxygens (including phenoxy) is 3. The van der Waals surface area contributed by atoms with Crippen LogP contribution in [0.25, 0.3) is 0 Å². The van der Waals surface area contributed by atoms with Crippen LogP contribution in [0.4, 0.5) is 11.4 Å². The molecule has 3 rings (SSSR count). The van der Waals surface area contributed by atoms with E-state index < -0.39 is 0 Å². The molecule has 0 radical (unpaired) electrons. The van der Waals surface area contributed by atoms with Gasteiger partial charge in [0, 0.05) is 17.8 Å². The second-order valence-electron chi connectivity index (χ2n) is 5.63. The van der Waals surface area contributed by atoms with Crippen LogP contribution >= 0.6 is 0 Å². The van der Waals surface area contributed by atoms with E-state index in [0.717, 1.165) is 0 Å². The molecule has 7 heteroatoms. The van der Waals surface area contributed by atoms with Crippen LogP contribution in [0.3, 0.4) is 0 Å². The first-order chi connectivity index (χ1) is 12.6. The summed E-state index contributed by atoms with van der Waals surface area (Å²) >= 11 is 0. The van der Waals surface area contributed by atoms with Gasteiger partial charge >= 0.3 is 0 Å². The largest absolute Gasteiger partial charge is 0.493 e. The SMILES string of the molecule is CCN1C(=O)COc2ccc(NC(=O)c3ccc(OC)c(OC)c3)cc21. The summed E-state index contributed by atoms with van der Waals surface area (Å²) in [5.74, 6) is 1.24. The van der Waals surface area contributed by atoms with Crippen molar-refractivity contribution in [2.45, 2.75) is 6.92 Å². The van der Waals surface area contributed by atoms with Crippen LogP contribution in [-0.2, 0) is 4.79 Å². The lowest BCUT2D eigenvalue weighted by atomic mass is 10.1. The van der Waals surface area contributed by atoms with Crippen LogP contribution in [-0.4, -0.2) is 39.2 Å². The van der Waals surface area contributed by atoms with Crippen molar-refractivity contribution in [3.63, 3.8) is 0 Å². The Labute approximate surface area is 151 Å². The van der Waals surface area contributed by atoms with Crippen molar-refractivity contribution in [3.05, 3.63) is 42.0 Å². The molecular formula is C19H20N2O5. The predicted molar refractivity (Wildman–Crippen MR) is 97.5 cm³/mol.